The SMILES string of the molecule is COc1ccc(C(CCCCCCC(=NO)c2ccc(OC)cc2)=NO)cc1. The van der Waals surface area contributed by atoms with E-state index in [0.717, 1.165) is 48.3 Å². The Hall–Kier alpha value is -3.02. The molecule has 0 atom stereocenters. The second kappa shape index (κ2) is 11.6. The molecule has 0 saturated heterocycles. The minimum Gasteiger partial charge on any atom is -0.497 e. The lowest BCUT2D eigenvalue weighted by Gasteiger charge is -2.07. The summed E-state index contributed by atoms with van der Waals surface area (Å²) in [5.41, 5.74) is 3.16. The molecule has 2 aromatic carbocycles. The molecule has 0 heterocycles. The summed E-state index contributed by atoms with van der Waals surface area (Å²) in [4.78, 5) is 0. The molecular formula is C22H28N2O4. The highest BCUT2D eigenvalue weighted by Gasteiger charge is 2.07. The van der Waals surface area contributed by atoms with Gasteiger partial charge in [0.05, 0.1) is 25.6 Å². The zero-order valence-corrected chi connectivity index (χ0v) is 16.5. The maximum atomic E-state index is 9.28. The van der Waals surface area contributed by atoms with Crippen LogP contribution in [-0.2, 0) is 0 Å². The van der Waals surface area contributed by atoms with Crippen molar-refractivity contribution in [3.8, 4) is 11.5 Å². The fourth-order valence-electron chi connectivity index (χ4n) is 3.01. The lowest BCUT2D eigenvalue weighted by atomic mass is 10.0. The van der Waals surface area contributed by atoms with Crippen LogP contribution >= 0.6 is 0 Å². The number of rotatable bonds is 11. The van der Waals surface area contributed by atoms with E-state index in [9.17, 15) is 10.4 Å². The molecule has 0 unspecified atom stereocenters. The first-order valence-electron chi connectivity index (χ1n) is 9.42. The topological polar surface area (TPSA) is 83.6 Å². The van der Waals surface area contributed by atoms with Gasteiger partial charge in [0, 0.05) is 0 Å². The third-order valence-corrected chi connectivity index (χ3v) is 4.67. The highest BCUT2D eigenvalue weighted by molar-refractivity contribution is 6.00. The van der Waals surface area contributed by atoms with Gasteiger partial charge in [0.15, 0.2) is 0 Å². The van der Waals surface area contributed by atoms with E-state index in [2.05, 4.69) is 10.3 Å². The van der Waals surface area contributed by atoms with Gasteiger partial charge in [-0.15, -0.1) is 0 Å². The quantitative estimate of drug-likeness (QED) is 0.244. The van der Waals surface area contributed by atoms with E-state index in [4.69, 9.17) is 9.47 Å². The molecule has 2 aromatic rings. The molecule has 0 aliphatic rings. The van der Waals surface area contributed by atoms with Gasteiger partial charge in [0.1, 0.15) is 11.5 Å². The molecule has 0 aliphatic carbocycles. The molecule has 2 N–H and O–H groups in total. The molecule has 0 spiro atoms. The summed E-state index contributed by atoms with van der Waals surface area (Å²) in [6, 6.07) is 15.0. The zero-order chi connectivity index (χ0) is 20.2. The van der Waals surface area contributed by atoms with Gasteiger partial charge in [-0.2, -0.15) is 0 Å². The second-order valence-corrected chi connectivity index (χ2v) is 6.46. The minimum atomic E-state index is 0.679. The molecular weight excluding hydrogens is 356 g/mol. The van der Waals surface area contributed by atoms with Crippen LogP contribution in [0.4, 0.5) is 0 Å². The van der Waals surface area contributed by atoms with Gasteiger partial charge in [-0.1, -0.05) is 23.2 Å². The number of methoxy groups -OCH3 is 2. The maximum Gasteiger partial charge on any atom is 0.118 e. The Morgan fingerprint density at radius 1 is 0.643 bits per heavy atom. The van der Waals surface area contributed by atoms with Crippen LogP contribution in [-0.4, -0.2) is 36.1 Å². The zero-order valence-electron chi connectivity index (χ0n) is 16.5. The van der Waals surface area contributed by atoms with Crippen molar-refractivity contribution in [1.29, 1.82) is 0 Å². The van der Waals surface area contributed by atoms with Crippen LogP contribution in [0, 0.1) is 0 Å². The summed E-state index contributed by atoms with van der Waals surface area (Å²) in [7, 11) is 3.25. The molecule has 0 radical (unpaired) electrons. The first-order chi connectivity index (χ1) is 13.7. The van der Waals surface area contributed by atoms with E-state index in [1.807, 2.05) is 48.5 Å². The molecule has 0 bridgehead atoms. The highest BCUT2D eigenvalue weighted by Crippen LogP contribution is 2.17. The van der Waals surface area contributed by atoms with Crippen LogP contribution < -0.4 is 9.47 Å². The Bertz CT molecular complexity index is 701. The fourth-order valence-corrected chi connectivity index (χ4v) is 3.01. The Morgan fingerprint density at radius 3 is 1.29 bits per heavy atom. The first kappa shape index (κ1) is 21.3. The summed E-state index contributed by atoms with van der Waals surface area (Å²) >= 11 is 0. The minimum absolute atomic E-state index is 0.679. The standard InChI is InChI=1S/C22H28N2O4/c1-27-19-13-9-17(10-14-19)21(23-25)7-5-3-4-6-8-22(24-26)18-11-15-20(28-2)16-12-18/h9-16,25-26H,3-8H2,1-2H3. The van der Waals surface area contributed by atoms with E-state index in [1.165, 1.54) is 0 Å². The average Bonchev–Trinajstić information content (AvgIpc) is 2.76. The smallest absolute Gasteiger partial charge is 0.118 e. The maximum absolute atomic E-state index is 9.28. The molecule has 0 fully saturated rings. The Kier molecular flexibility index (Phi) is 8.85. The van der Waals surface area contributed by atoms with E-state index in [0.29, 0.717) is 24.3 Å². The van der Waals surface area contributed by atoms with Gasteiger partial charge in [0.2, 0.25) is 0 Å². The molecule has 2 rings (SSSR count). The molecule has 150 valence electrons. The summed E-state index contributed by atoms with van der Waals surface area (Å²) < 4.78 is 10.3. The summed E-state index contributed by atoms with van der Waals surface area (Å²) in [6.07, 6.45) is 5.30. The second-order valence-electron chi connectivity index (χ2n) is 6.46. The average molecular weight is 384 g/mol. The van der Waals surface area contributed by atoms with Crippen molar-refractivity contribution in [3.63, 3.8) is 0 Å². The van der Waals surface area contributed by atoms with Crippen molar-refractivity contribution < 1.29 is 19.9 Å². The van der Waals surface area contributed by atoms with Gasteiger partial charge >= 0.3 is 0 Å². The van der Waals surface area contributed by atoms with Crippen molar-refractivity contribution in [3.05, 3.63) is 59.7 Å². The molecule has 28 heavy (non-hydrogen) atoms. The Morgan fingerprint density at radius 2 is 1.00 bits per heavy atom. The van der Waals surface area contributed by atoms with Gasteiger partial charge in [-0.25, -0.2) is 0 Å². The molecule has 0 aromatic heterocycles. The van der Waals surface area contributed by atoms with Crippen LogP contribution in [0.2, 0.25) is 0 Å². The first-order valence-corrected chi connectivity index (χ1v) is 9.42. The summed E-state index contributed by atoms with van der Waals surface area (Å²) in [6.45, 7) is 0. The third-order valence-electron chi connectivity index (χ3n) is 4.67. The van der Waals surface area contributed by atoms with Crippen molar-refractivity contribution in [1.82, 2.24) is 0 Å². The molecule has 6 heteroatoms. The lowest BCUT2D eigenvalue weighted by Crippen LogP contribution is -2.02. The number of nitrogens with zero attached hydrogens (tertiary/aromatic N) is 2. The normalized spacial score (nSPS) is 12.1. The number of hydrogen-bond donors (Lipinski definition) is 2. The lowest BCUT2D eigenvalue weighted by molar-refractivity contribution is 0.317. The predicted octanol–water partition coefficient (Wildman–Crippen LogP) is 5.10. The van der Waals surface area contributed by atoms with E-state index >= 15 is 0 Å². The Balaban J connectivity index is 1.72. The van der Waals surface area contributed by atoms with E-state index < -0.39 is 0 Å². The van der Waals surface area contributed by atoms with E-state index in [-0.39, 0.29) is 0 Å². The number of benzene rings is 2. The third kappa shape index (κ3) is 6.30. The number of oxime groups is 2. The predicted molar refractivity (Wildman–Crippen MR) is 110 cm³/mol. The fraction of sp³-hybridized carbons (Fsp3) is 0.364. The van der Waals surface area contributed by atoms with Crippen LogP contribution in [0.1, 0.15) is 49.7 Å². The summed E-state index contributed by atoms with van der Waals surface area (Å²) in [5.74, 6) is 1.55. The van der Waals surface area contributed by atoms with Gasteiger partial charge in [-0.3, -0.25) is 0 Å². The number of unbranched alkanes of at least 4 members (excludes halogenated alkanes) is 3. The molecule has 0 amide bonds. The molecule has 6 nitrogen and oxygen atoms in total. The van der Waals surface area contributed by atoms with Crippen molar-refractivity contribution >= 4 is 11.4 Å². The summed E-state index contributed by atoms with van der Waals surface area (Å²) in [5, 5.41) is 25.4. The van der Waals surface area contributed by atoms with Crippen molar-refractivity contribution in [2.75, 3.05) is 14.2 Å². The van der Waals surface area contributed by atoms with Crippen molar-refractivity contribution in [2.45, 2.75) is 38.5 Å². The van der Waals surface area contributed by atoms with Crippen molar-refractivity contribution in [2.24, 2.45) is 10.3 Å². The number of ether oxygens (including phenoxy) is 2. The largest absolute Gasteiger partial charge is 0.497 e. The van der Waals surface area contributed by atoms with Crippen LogP contribution in [0.3, 0.4) is 0 Å². The molecule has 0 saturated carbocycles. The highest BCUT2D eigenvalue weighted by atomic mass is 16.5. The van der Waals surface area contributed by atoms with Gasteiger partial charge < -0.3 is 19.9 Å². The monoisotopic (exact) mass is 384 g/mol. The molecule has 0 aliphatic heterocycles. The van der Waals surface area contributed by atoms with Gasteiger partial charge in [-0.05, 0) is 85.3 Å². The van der Waals surface area contributed by atoms with Crippen LogP contribution in [0.5, 0.6) is 11.5 Å². The van der Waals surface area contributed by atoms with Crippen LogP contribution in [0.25, 0.3) is 0 Å². The Labute approximate surface area is 166 Å². The van der Waals surface area contributed by atoms with Crippen LogP contribution in [0.15, 0.2) is 58.8 Å². The van der Waals surface area contributed by atoms with E-state index in [1.54, 1.807) is 14.2 Å². The van der Waals surface area contributed by atoms with Gasteiger partial charge in [0.25, 0.3) is 0 Å². The number of hydrogen-bond acceptors (Lipinski definition) is 6.